The molecule has 1 atom stereocenters. The van der Waals surface area contributed by atoms with E-state index in [1.165, 1.54) is 44.2 Å². The Labute approximate surface area is 226 Å². The highest BCUT2D eigenvalue weighted by molar-refractivity contribution is 5.85. The Kier molecular flexibility index (Phi) is 13.1. The van der Waals surface area contributed by atoms with E-state index in [-0.39, 0.29) is 41.2 Å². The second-order valence-electron chi connectivity index (χ2n) is 9.34. The third-order valence-corrected chi connectivity index (χ3v) is 6.84. The topological polar surface area (TPSA) is 191 Å². The van der Waals surface area contributed by atoms with Crippen molar-refractivity contribution in [3.8, 4) is 0 Å². The zero-order chi connectivity index (χ0) is 21.8. The lowest BCUT2D eigenvalue weighted by Crippen LogP contribution is -2.44. The first-order valence-corrected chi connectivity index (χ1v) is 12.4. The molecule has 1 aromatic carbocycles. The Morgan fingerprint density at radius 2 is 1.28 bits per heavy atom. The number of hydrogen-bond donors (Lipinski definition) is 5. The molecule has 2 aromatic rings. The number of hydrogen-bond acceptors (Lipinski definition) is 11. The van der Waals surface area contributed by atoms with Crippen LogP contribution < -0.4 is 44.2 Å². The number of nitrogens with one attached hydrogen (secondary N) is 1. The van der Waals surface area contributed by atoms with E-state index in [0.29, 0.717) is 5.95 Å². The molecule has 3 aliphatic heterocycles. The van der Waals surface area contributed by atoms with Crippen LogP contribution in [0.4, 0.5) is 29.2 Å². The number of halogens is 1. The number of nitrogens with zero attached hydrogens (tertiary/aromatic N) is 6. The smallest absolute Gasteiger partial charge is 0.233 e. The van der Waals surface area contributed by atoms with E-state index in [2.05, 4.69) is 44.3 Å². The van der Waals surface area contributed by atoms with Crippen molar-refractivity contribution in [3.05, 3.63) is 24.3 Å². The molecule has 0 bridgehead atoms. The molecule has 0 amide bonds. The van der Waals surface area contributed by atoms with Gasteiger partial charge in [0.1, 0.15) is 0 Å². The quantitative estimate of drug-likeness (QED) is 0.343. The molecule has 3 aliphatic rings. The number of aromatic nitrogens is 3. The molecule has 3 saturated heterocycles. The zero-order valence-corrected chi connectivity index (χ0v) is 22.4. The molecule has 12 N–H and O–H groups in total. The molecule has 4 heterocycles. The molecule has 36 heavy (non-hydrogen) atoms. The third-order valence-electron chi connectivity index (χ3n) is 6.84. The number of nitrogens with two attached hydrogens (primary N) is 1. The van der Waals surface area contributed by atoms with Crippen LogP contribution in [0.15, 0.2) is 24.3 Å². The summed E-state index contributed by atoms with van der Waals surface area (Å²) in [7, 11) is 0. The minimum Gasteiger partial charge on any atom is -0.370 e. The molecule has 0 radical (unpaired) electrons. The summed E-state index contributed by atoms with van der Waals surface area (Å²) < 4.78 is 0. The molecule has 12 heteroatoms. The van der Waals surface area contributed by atoms with Crippen LogP contribution in [0.1, 0.15) is 55.6 Å². The summed E-state index contributed by atoms with van der Waals surface area (Å²) in [6.07, 6.45) is 9.62. The second kappa shape index (κ2) is 15.0. The lowest BCUT2D eigenvalue weighted by Gasteiger charge is -2.33. The Balaban J connectivity index is -0.00000185. The van der Waals surface area contributed by atoms with Crippen molar-refractivity contribution in [2.45, 2.75) is 57.4 Å². The van der Waals surface area contributed by atoms with Crippen LogP contribution in [-0.2, 0) is 0 Å². The molecule has 3 fully saturated rings. The first kappa shape index (κ1) is 31.6. The van der Waals surface area contributed by atoms with Crippen LogP contribution in [-0.4, -0.2) is 60.3 Å². The van der Waals surface area contributed by atoms with E-state index in [4.69, 9.17) is 20.7 Å². The SMILES string of the molecule is Cl.N.N.N.N[C@@H]1CCCN(c2nc(Nc3ccccc3N3CCCCC3)nc(N3CCCCC3)n2)C1.[HH].[HH].[HH]. The minimum absolute atomic E-state index is 0. The van der Waals surface area contributed by atoms with Gasteiger partial charge in [-0.3, -0.25) is 0 Å². The molecular formula is C24H52ClN11. The highest BCUT2D eigenvalue weighted by Gasteiger charge is 2.23. The molecule has 210 valence electrons. The average molecular weight is 530 g/mol. The van der Waals surface area contributed by atoms with Gasteiger partial charge in [0.15, 0.2) is 0 Å². The number of para-hydroxylation sites is 2. The van der Waals surface area contributed by atoms with Crippen molar-refractivity contribution in [2.24, 2.45) is 5.73 Å². The summed E-state index contributed by atoms with van der Waals surface area (Å²) in [4.78, 5) is 21.6. The Morgan fingerprint density at radius 3 is 1.92 bits per heavy atom. The van der Waals surface area contributed by atoms with E-state index < -0.39 is 0 Å². The zero-order valence-electron chi connectivity index (χ0n) is 21.6. The first-order valence-electron chi connectivity index (χ1n) is 12.4. The van der Waals surface area contributed by atoms with Gasteiger partial charge in [-0.15, -0.1) is 12.4 Å². The fraction of sp³-hybridized carbons (Fsp3) is 0.625. The molecule has 0 spiro atoms. The fourth-order valence-corrected chi connectivity index (χ4v) is 5.09. The van der Waals surface area contributed by atoms with E-state index in [0.717, 1.165) is 69.7 Å². The standard InChI is InChI=1S/C24H36N8.ClH.3H3N.3H2/c25-19-10-9-17-32(18-19)24-28-22(27-23(29-24)31-15-7-2-8-16-31)26-20-11-3-4-12-21(20)30-13-5-1-6-14-30;;;;;;;/h3-4,11-12,19H,1-2,5-10,13-18,25H2,(H,26,27,28,29);1H;3*1H3;3*1H/t19-;;;;;;;/m1......./s1. The molecule has 0 saturated carbocycles. The maximum Gasteiger partial charge on any atom is 0.233 e. The van der Waals surface area contributed by atoms with Crippen LogP contribution in [0.25, 0.3) is 0 Å². The lowest BCUT2D eigenvalue weighted by molar-refractivity contribution is 0.498. The average Bonchev–Trinajstić information content (AvgIpc) is 2.85. The summed E-state index contributed by atoms with van der Waals surface area (Å²) >= 11 is 0. The van der Waals surface area contributed by atoms with Gasteiger partial charge in [0.25, 0.3) is 0 Å². The largest absolute Gasteiger partial charge is 0.370 e. The molecular weight excluding hydrogens is 478 g/mol. The third kappa shape index (κ3) is 7.53. The van der Waals surface area contributed by atoms with Crippen LogP contribution >= 0.6 is 12.4 Å². The van der Waals surface area contributed by atoms with Crippen molar-refractivity contribution < 1.29 is 4.28 Å². The lowest BCUT2D eigenvalue weighted by atomic mass is 10.1. The van der Waals surface area contributed by atoms with Crippen molar-refractivity contribution in [1.82, 2.24) is 33.4 Å². The van der Waals surface area contributed by atoms with Gasteiger partial charge in [0.2, 0.25) is 17.8 Å². The van der Waals surface area contributed by atoms with Gasteiger partial charge in [0, 0.05) is 49.6 Å². The highest BCUT2D eigenvalue weighted by Crippen LogP contribution is 2.31. The van der Waals surface area contributed by atoms with Gasteiger partial charge in [0.05, 0.1) is 11.4 Å². The summed E-state index contributed by atoms with van der Waals surface area (Å²) in [5.74, 6) is 2.15. The Morgan fingerprint density at radius 1 is 0.722 bits per heavy atom. The van der Waals surface area contributed by atoms with Crippen LogP contribution in [0.5, 0.6) is 0 Å². The Hall–Kier alpha value is -2.44. The predicted octanol–water partition coefficient (Wildman–Crippen LogP) is 5.17. The number of benzene rings is 1. The summed E-state index contributed by atoms with van der Waals surface area (Å²) in [5, 5.41) is 3.55. The molecule has 1 aromatic heterocycles. The maximum atomic E-state index is 6.26. The van der Waals surface area contributed by atoms with Crippen molar-refractivity contribution in [2.75, 3.05) is 59.3 Å². The molecule has 0 aliphatic carbocycles. The predicted molar refractivity (Wildman–Crippen MR) is 160 cm³/mol. The second-order valence-corrected chi connectivity index (χ2v) is 9.34. The monoisotopic (exact) mass is 529 g/mol. The van der Waals surface area contributed by atoms with E-state index in [1.54, 1.807) is 0 Å². The van der Waals surface area contributed by atoms with Gasteiger partial charge in [-0.2, -0.15) is 15.0 Å². The van der Waals surface area contributed by atoms with Gasteiger partial charge >= 0.3 is 0 Å². The summed E-state index contributed by atoms with van der Waals surface area (Å²) in [5.41, 5.74) is 8.55. The fourth-order valence-electron chi connectivity index (χ4n) is 5.09. The summed E-state index contributed by atoms with van der Waals surface area (Å²) in [6, 6.07) is 8.69. The Bertz CT molecular complexity index is 919. The number of rotatable bonds is 5. The van der Waals surface area contributed by atoms with Gasteiger partial charge < -0.3 is 44.2 Å². The van der Waals surface area contributed by atoms with Gasteiger partial charge in [-0.1, -0.05) is 12.1 Å². The number of anilines is 5. The minimum atomic E-state index is 0. The first-order chi connectivity index (χ1) is 15.8. The summed E-state index contributed by atoms with van der Waals surface area (Å²) in [6.45, 7) is 5.96. The molecule has 0 unspecified atom stereocenters. The van der Waals surface area contributed by atoms with E-state index >= 15 is 0 Å². The van der Waals surface area contributed by atoms with Crippen molar-refractivity contribution in [1.29, 1.82) is 0 Å². The molecule has 5 rings (SSSR count). The van der Waals surface area contributed by atoms with E-state index in [1.807, 2.05) is 0 Å². The van der Waals surface area contributed by atoms with E-state index in [9.17, 15) is 0 Å². The van der Waals surface area contributed by atoms with Crippen LogP contribution in [0.2, 0.25) is 0 Å². The van der Waals surface area contributed by atoms with Crippen molar-refractivity contribution >= 4 is 41.6 Å². The number of piperidine rings is 3. The van der Waals surface area contributed by atoms with Gasteiger partial charge in [-0.05, 0) is 63.5 Å². The molecule has 11 nitrogen and oxygen atoms in total. The van der Waals surface area contributed by atoms with Crippen LogP contribution in [0.3, 0.4) is 0 Å². The normalized spacial score (nSPS) is 19.7. The maximum absolute atomic E-state index is 6.26. The highest BCUT2D eigenvalue weighted by atomic mass is 35.5. The van der Waals surface area contributed by atoms with Crippen molar-refractivity contribution in [3.63, 3.8) is 0 Å². The van der Waals surface area contributed by atoms with Crippen LogP contribution in [0, 0.1) is 0 Å². The van der Waals surface area contributed by atoms with Gasteiger partial charge in [-0.25, -0.2) is 0 Å².